The maximum absolute atomic E-state index is 13.0. The fourth-order valence-electron chi connectivity index (χ4n) is 3.55. The summed E-state index contributed by atoms with van der Waals surface area (Å²) < 4.78 is 43.3. The van der Waals surface area contributed by atoms with E-state index in [0.29, 0.717) is 30.9 Å². The third kappa shape index (κ3) is 6.15. The van der Waals surface area contributed by atoms with Crippen molar-refractivity contribution in [1.29, 1.82) is 0 Å². The molecule has 2 aromatic carbocycles. The van der Waals surface area contributed by atoms with E-state index in [1.54, 1.807) is 30.5 Å². The van der Waals surface area contributed by atoms with Gasteiger partial charge >= 0.3 is 0 Å². The van der Waals surface area contributed by atoms with Crippen LogP contribution in [0.15, 0.2) is 65.1 Å². The van der Waals surface area contributed by atoms with Crippen molar-refractivity contribution in [3.8, 4) is 17.2 Å². The van der Waals surface area contributed by atoms with Crippen molar-refractivity contribution in [3.63, 3.8) is 0 Å². The molecule has 0 radical (unpaired) electrons. The van der Waals surface area contributed by atoms with Gasteiger partial charge in [-0.2, -0.15) is 9.41 Å². The third-order valence-corrected chi connectivity index (χ3v) is 7.35. The summed E-state index contributed by atoms with van der Waals surface area (Å²) in [4.78, 5) is 12.6. The summed E-state index contributed by atoms with van der Waals surface area (Å²) >= 11 is 0. The number of rotatable bonds is 10. The SMILES string of the molecule is C=CCOc1ccc(/C=N\NC(=O)C2CCN(S(=O)(=O)c3ccc(OC)c(OC)c3)CC2)cc1. The molecule has 1 fully saturated rings. The molecule has 2 aromatic rings. The Labute approximate surface area is 200 Å². The fourth-order valence-corrected chi connectivity index (χ4v) is 5.04. The van der Waals surface area contributed by atoms with Gasteiger partial charge in [0.25, 0.3) is 0 Å². The van der Waals surface area contributed by atoms with E-state index in [4.69, 9.17) is 14.2 Å². The van der Waals surface area contributed by atoms with Gasteiger partial charge in [-0.3, -0.25) is 4.79 Å². The normalized spacial score (nSPS) is 15.1. The van der Waals surface area contributed by atoms with Crippen LogP contribution in [0.25, 0.3) is 0 Å². The van der Waals surface area contributed by atoms with E-state index in [9.17, 15) is 13.2 Å². The van der Waals surface area contributed by atoms with Crippen LogP contribution in [0.4, 0.5) is 0 Å². The number of methoxy groups -OCH3 is 2. The zero-order valence-corrected chi connectivity index (χ0v) is 20.1. The van der Waals surface area contributed by atoms with Gasteiger partial charge in [0.1, 0.15) is 12.4 Å². The van der Waals surface area contributed by atoms with Crippen LogP contribution in [0, 0.1) is 5.92 Å². The monoisotopic (exact) mass is 487 g/mol. The van der Waals surface area contributed by atoms with Crippen molar-refractivity contribution in [2.75, 3.05) is 33.9 Å². The highest BCUT2D eigenvalue weighted by Gasteiger charge is 2.32. The van der Waals surface area contributed by atoms with Crippen molar-refractivity contribution in [2.24, 2.45) is 11.0 Å². The molecule has 0 saturated carbocycles. The molecule has 34 heavy (non-hydrogen) atoms. The number of benzene rings is 2. The van der Waals surface area contributed by atoms with Gasteiger partial charge in [-0.25, -0.2) is 13.8 Å². The van der Waals surface area contributed by atoms with Crippen molar-refractivity contribution in [2.45, 2.75) is 17.7 Å². The Balaban J connectivity index is 1.53. The summed E-state index contributed by atoms with van der Waals surface area (Å²) in [5.41, 5.74) is 3.36. The molecule has 1 amide bonds. The molecule has 10 heteroatoms. The minimum absolute atomic E-state index is 0.124. The molecule has 182 valence electrons. The van der Waals surface area contributed by atoms with Crippen molar-refractivity contribution in [1.82, 2.24) is 9.73 Å². The minimum Gasteiger partial charge on any atom is -0.493 e. The number of hydrogen-bond donors (Lipinski definition) is 1. The molecule has 0 aromatic heterocycles. The molecule has 3 rings (SSSR count). The molecule has 0 atom stereocenters. The van der Waals surface area contributed by atoms with Crippen LogP contribution >= 0.6 is 0 Å². The first-order chi connectivity index (χ1) is 16.4. The Kier molecular flexibility index (Phi) is 8.67. The maximum Gasteiger partial charge on any atom is 0.243 e. The van der Waals surface area contributed by atoms with Gasteiger partial charge in [0.15, 0.2) is 11.5 Å². The van der Waals surface area contributed by atoms with Crippen molar-refractivity contribution < 1.29 is 27.4 Å². The van der Waals surface area contributed by atoms with Gasteiger partial charge in [0.05, 0.1) is 25.3 Å². The van der Waals surface area contributed by atoms with Gasteiger partial charge in [0.2, 0.25) is 15.9 Å². The van der Waals surface area contributed by atoms with Gasteiger partial charge < -0.3 is 14.2 Å². The first kappa shape index (κ1) is 25.3. The number of carbonyl (C=O) groups is 1. The number of nitrogens with zero attached hydrogens (tertiary/aromatic N) is 2. The van der Waals surface area contributed by atoms with Gasteiger partial charge in [0, 0.05) is 25.1 Å². The van der Waals surface area contributed by atoms with Crippen LogP contribution in [0.3, 0.4) is 0 Å². The second kappa shape index (κ2) is 11.7. The summed E-state index contributed by atoms with van der Waals surface area (Å²) in [5, 5.41) is 4.02. The number of hydrazone groups is 1. The molecule has 1 saturated heterocycles. The Bertz CT molecular complexity index is 1120. The molecule has 0 aliphatic carbocycles. The predicted octanol–water partition coefficient (Wildman–Crippen LogP) is 2.82. The quantitative estimate of drug-likeness (QED) is 0.314. The van der Waals surface area contributed by atoms with Crippen LogP contribution in [0.2, 0.25) is 0 Å². The lowest BCUT2D eigenvalue weighted by Gasteiger charge is -2.30. The predicted molar refractivity (Wildman–Crippen MR) is 129 cm³/mol. The molecule has 1 aliphatic heterocycles. The number of amides is 1. The minimum atomic E-state index is -3.71. The summed E-state index contributed by atoms with van der Waals surface area (Å²) in [6, 6.07) is 11.8. The van der Waals surface area contributed by atoms with Crippen LogP contribution < -0.4 is 19.6 Å². The zero-order valence-electron chi connectivity index (χ0n) is 19.3. The number of ether oxygens (including phenoxy) is 3. The Morgan fingerprint density at radius 3 is 2.41 bits per heavy atom. The van der Waals surface area contributed by atoms with Crippen LogP contribution in [-0.2, 0) is 14.8 Å². The highest BCUT2D eigenvalue weighted by atomic mass is 32.2. The molecule has 1 heterocycles. The molecule has 1 aliphatic rings. The fraction of sp³-hybridized carbons (Fsp3) is 0.333. The van der Waals surface area contributed by atoms with Crippen molar-refractivity contribution >= 4 is 22.1 Å². The Hall–Kier alpha value is -3.37. The van der Waals surface area contributed by atoms with Crippen LogP contribution in [-0.4, -0.2) is 58.8 Å². The molecular formula is C24H29N3O6S. The molecular weight excluding hydrogens is 458 g/mol. The number of piperidine rings is 1. The van der Waals surface area contributed by atoms with E-state index in [1.165, 1.54) is 30.7 Å². The van der Waals surface area contributed by atoms with Gasteiger partial charge in [-0.05, 0) is 54.8 Å². The lowest BCUT2D eigenvalue weighted by Crippen LogP contribution is -2.42. The van der Waals surface area contributed by atoms with E-state index in [0.717, 1.165) is 11.3 Å². The van der Waals surface area contributed by atoms with Gasteiger partial charge in [-0.1, -0.05) is 12.7 Å². The second-order valence-electron chi connectivity index (χ2n) is 7.60. The number of nitrogens with one attached hydrogen (secondary N) is 1. The number of hydrogen-bond acceptors (Lipinski definition) is 7. The molecule has 0 bridgehead atoms. The summed E-state index contributed by atoms with van der Waals surface area (Å²) in [5.74, 6) is 0.967. The first-order valence-corrected chi connectivity index (χ1v) is 12.2. The second-order valence-corrected chi connectivity index (χ2v) is 9.54. The lowest BCUT2D eigenvalue weighted by molar-refractivity contribution is -0.126. The largest absolute Gasteiger partial charge is 0.493 e. The first-order valence-electron chi connectivity index (χ1n) is 10.8. The van der Waals surface area contributed by atoms with Crippen LogP contribution in [0.5, 0.6) is 17.2 Å². The molecule has 9 nitrogen and oxygen atoms in total. The average molecular weight is 488 g/mol. The smallest absolute Gasteiger partial charge is 0.243 e. The number of carbonyl (C=O) groups excluding carboxylic acids is 1. The third-order valence-electron chi connectivity index (χ3n) is 5.45. The summed E-state index contributed by atoms with van der Waals surface area (Å²) in [6.45, 7) is 4.51. The van der Waals surface area contributed by atoms with E-state index < -0.39 is 10.0 Å². The maximum atomic E-state index is 13.0. The van der Waals surface area contributed by atoms with E-state index in [1.807, 2.05) is 12.1 Å². The highest BCUT2D eigenvalue weighted by Crippen LogP contribution is 2.32. The van der Waals surface area contributed by atoms with E-state index in [-0.39, 0.29) is 29.8 Å². The topological polar surface area (TPSA) is 107 Å². The van der Waals surface area contributed by atoms with Gasteiger partial charge in [-0.15, -0.1) is 0 Å². The lowest BCUT2D eigenvalue weighted by atomic mass is 9.98. The molecule has 1 N–H and O–H groups in total. The Morgan fingerprint density at radius 2 is 1.79 bits per heavy atom. The highest BCUT2D eigenvalue weighted by molar-refractivity contribution is 7.89. The summed E-state index contributed by atoms with van der Waals surface area (Å²) in [6.07, 6.45) is 4.03. The zero-order chi connectivity index (χ0) is 24.6. The van der Waals surface area contributed by atoms with Crippen LogP contribution in [0.1, 0.15) is 18.4 Å². The number of sulfonamides is 1. The van der Waals surface area contributed by atoms with E-state index in [2.05, 4.69) is 17.1 Å². The van der Waals surface area contributed by atoms with E-state index >= 15 is 0 Å². The molecule has 0 spiro atoms. The Morgan fingerprint density at radius 1 is 1.12 bits per heavy atom. The summed E-state index contributed by atoms with van der Waals surface area (Å²) in [7, 11) is -0.769. The van der Waals surface area contributed by atoms with Crippen molar-refractivity contribution in [3.05, 3.63) is 60.7 Å². The standard InChI is InChI=1S/C24H29N3O6S/c1-4-15-33-20-7-5-18(6-8-20)17-25-26-24(28)19-11-13-27(14-12-19)34(29,30)21-9-10-22(31-2)23(16-21)32-3/h4-10,16-17,19H,1,11-15H2,2-3H3,(H,26,28)/b25-17-. The average Bonchev–Trinajstić information content (AvgIpc) is 2.87. The molecule has 0 unspecified atom stereocenters.